The average Bonchev–Trinajstić information content (AvgIpc) is 3.19. The fraction of sp³-hybridized carbons (Fsp3) is 0.393. The Bertz CT molecular complexity index is 1180. The molecular formula is C28H31N3O4S. The number of carbonyl (C=O) groups excluding carboxylic acids is 3. The summed E-state index contributed by atoms with van der Waals surface area (Å²) in [5, 5.41) is 13.9. The van der Waals surface area contributed by atoms with Gasteiger partial charge in [0, 0.05) is 19.4 Å². The van der Waals surface area contributed by atoms with E-state index in [0.29, 0.717) is 6.54 Å². The standard InChI is InChI=1S/C28H31N3O4S/c1-4-5-15-23(32)29-22(16-20-12-7-6-8-13-20)24(33)26(34)30-18-36-28(3)25(30)27(35)31(28)17-21-14-10-9-11-19(21)2/h1,6-14,22,24-25,33H,5,15-18H2,2-3H3,(H,29,32)/t22-,24-,25+,28?/m0/s1. The van der Waals surface area contributed by atoms with Gasteiger partial charge in [0.2, 0.25) is 11.8 Å². The Kier molecular flexibility index (Phi) is 7.72. The second kappa shape index (κ2) is 10.8. The maximum Gasteiger partial charge on any atom is 0.255 e. The maximum absolute atomic E-state index is 13.5. The summed E-state index contributed by atoms with van der Waals surface area (Å²) in [7, 11) is 0. The van der Waals surface area contributed by atoms with Gasteiger partial charge >= 0.3 is 0 Å². The number of fused-ring (bicyclic) bond motifs is 1. The molecule has 1 unspecified atom stereocenters. The molecule has 0 saturated carbocycles. The van der Waals surface area contributed by atoms with E-state index in [1.54, 1.807) is 4.90 Å². The number of rotatable bonds is 9. The van der Waals surface area contributed by atoms with Crippen LogP contribution in [-0.4, -0.2) is 61.6 Å². The monoisotopic (exact) mass is 505 g/mol. The number of aliphatic hydroxyl groups excluding tert-OH is 1. The van der Waals surface area contributed by atoms with Crippen molar-refractivity contribution in [2.45, 2.75) is 62.7 Å². The van der Waals surface area contributed by atoms with Crippen LogP contribution in [0, 0.1) is 19.3 Å². The van der Waals surface area contributed by atoms with Crippen LogP contribution in [0.3, 0.4) is 0 Å². The van der Waals surface area contributed by atoms with Crippen LogP contribution in [-0.2, 0) is 27.3 Å². The Morgan fingerprint density at radius 2 is 1.92 bits per heavy atom. The van der Waals surface area contributed by atoms with Crippen molar-refractivity contribution >= 4 is 29.5 Å². The normalized spacial score (nSPS) is 22.3. The minimum Gasteiger partial charge on any atom is -0.381 e. The van der Waals surface area contributed by atoms with E-state index < -0.39 is 29.0 Å². The molecule has 0 spiro atoms. The molecule has 0 aliphatic carbocycles. The number of aryl methyl sites for hydroxylation is 1. The number of β-lactam (4-membered cyclic amide) rings is 1. The highest BCUT2D eigenvalue weighted by molar-refractivity contribution is 8.01. The van der Waals surface area contributed by atoms with Crippen molar-refractivity contribution in [1.29, 1.82) is 0 Å². The smallest absolute Gasteiger partial charge is 0.255 e. The van der Waals surface area contributed by atoms with E-state index in [9.17, 15) is 19.5 Å². The number of aliphatic hydroxyl groups is 1. The SMILES string of the molecule is C#CCCC(=O)N[C@@H](Cc1ccccc1)[C@H](O)C(=O)N1CSC2(C)[C@H]1C(=O)N2Cc1ccccc1C. The van der Waals surface area contributed by atoms with Gasteiger partial charge in [0.25, 0.3) is 5.91 Å². The van der Waals surface area contributed by atoms with Crippen LogP contribution in [0.25, 0.3) is 0 Å². The second-order valence-electron chi connectivity index (χ2n) is 9.40. The molecule has 8 heteroatoms. The number of hydrogen-bond donors (Lipinski definition) is 2. The van der Waals surface area contributed by atoms with Crippen LogP contribution < -0.4 is 5.32 Å². The van der Waals surface area contributed by atoms with Gasteiger partial charge in [0.15, 0.2) is 6.10 Å². The highest BCUT2D eigenvalue weighted by Crippen LogP contribution is 2.51. The first-order chi connectivity index (χ1) is 17.3. The van der Waals surface area contributed by atoms with Gasteiger partial charge in [-0.15, -0.1) is 24.1 Å². The Hall–Kier alpha value is -3.28. The number of thioether (sulfide) groups is 1. The molecule has 3 amide bonds. The van der Waals surface area contributed by atoms with Crippen molar-refractivity contribution in [1.82, 2.24) is 15.1 Å². The molecule has 0 aromatic heterocycles. The van der Waals surface area contributed by atoms with Crippen molar-refractivity contribution in [2.24, 2.45) is 0 Å². The summed E-state index contributed by atoms with van der Waals surface area (Å²) in [4.78, 5) is 41.8. The first-order valence-electron chi connectivity index (χ1n) is 12.0. The third-order valence-electron chi connectivity index (χ3n) is 7.00. The minimum absolute atomic E-state index is 0.106. The van der Waals surface area contributed by atoms with Crippen molar-refractivity contribution in [3.63, 3.8) is 0 Å². The molecule has 2 saturated heterocycles. The molecule has 2 fully saturated rings. The molecule has 2 aliphatic heterocycles. The molecule has 4 atom stereocenters. The third kappa shape index (κ3) is 4.99. The minimum atomic E-state index is -1.50. The Balaban J connectivity index is 1.48. The first-order valence-corrected chi connectivity index (χ1v) is 13.0. The van der Waals surface area contributed by atoms with Gasteiger partial charge in [-0.05, 0) is 37.0 Å². The molecule has 2 N–H and O–H groups in total. The van der Waals surface area contributed by atoms with Crippen molar-refractivity contribution in [2.75, 3.05) is 5.88 Å². The number of benzene rings is 2. The van der Waals surface area contributed by atoms with Gasteiger partial charge < -0.3 is 20.2 Å². The van der Waals surface area contributed by atoms with Gasteiger partial charge in [0.1, 0.15) is 10.9 Å². The molecule has 2 heterocycles. The molecule has 36 heavy (non-hydrogen) atoms. The molecular weight excluding hydrogens is 474 g/mol. The number of likely N-dealkylation sites (tertiary alicyclic amines) is 1. The predicted octanol–water partition coefficient (Wildman–Crippen LogP) is 2.46. The Labute approximate surface area is 216 Å². The van der Waals surface area contributed by atoms with E-state index in [4.69, 9.17) is 6.42 Å². The predicted molar refractivity (Wildman–Crippen MR) is 139 cm³/mol. The van der Waals surface area contributed by atoms with E-state index in [-0.39, 0.29) is 37.0 Å². The van der Waals surface area contributed by atoms with Crippen LogP contribution in [0.5, 0.6) is 0 Å². The van der Waals surface area contributed by atoms with E-state index in [2.05, 4.69) is 11.2 Å². The van der Waals surface area contributed by atoms with Crippen LogP contribution in [0.1, 0.15) is 36.5 Å². The highest BCUT2D eigenvalue weighted by Gasteiger charge is 2.65. The van der Waals surface area contributed by atoms with Crippen LogP contribution in [0.2, 0.25) is 0 Å². The first kappa shape index (κ1) is 25.8. The van der Waals surface area contributed by atoms with E-state index in [0.717, 1.165) is 16.7 Å². The third-order valence-corrected chi connectivity index (χ3v) is 8.43. The number of carbonyl (C=O) groups is 3. The summed E-state index contributed by atoms with van der Waals surface area (Å²) in [6, 6.07) is 15.8. The lowest BCUT2D eigenvalue weighted by molar-refractivity contribution is -0.168. The Morgan fingerprint density at radius 1 is 1.22 bits per heavy atom. The van der Waals surface area contributed by atoms with E-state index in [1.165, 1.54) is 16.7 Å². The van der Waals surface area contributed by atoms with Crippen molar-refractivity contribution in [3.05, 3.63) is 71.3 Å². The molecule has 4 rings (SSSR count). The molecule has 0 bridgehead atoms. The number of terminal acetylenes is 1. The zero-order valence-corrected chi connectivity index (χ0v) is 21.3. The Morgan fingerprint density at radius 3 is 2.61 bits per heavy atom. The van der Waals surface area contributed by atoms with Gasteiger partial charge in [-0.25, -0.2) is 0 Å². The molecule has 2 aliphatic rings. The van der Waals surface area contributed by atoms with E-state index >= 15 is 0 Å². The summed E-state index contributed by atoms with van der Waals surface area (Å²) in [6.07, 6.45) is 4.42. The molecule has 2 aromatic carbocycles. The number of amides is 3. The molecule has 0 radical (unpaired) electrons. The average molecular weight is 506 g/mol. The molecule has 188 valence electrons. The zero-order chi connectivity index (χ0) is 25.9. The lowest BCUT2D eigenvalue weighted by Crippen LogP contribution is -2.73. The summed E-state index contributed by atoms with van der Waals surface area (Å²) < 4.78 is 0. The zero-order valence-electron chi connectivity index (χ0n) is 20.5. The van der Waals surface area contributed by atoms with Gasteiger partial charge in [-0.2, -0.15) is 0 Å². The van der Waals surface area contributed by atoms with Gasteiger partial charge in [-0.1, -0.05) is 54.6 Å². The van der Waals surface area contributed by atoms with Gasteiger partial charge in [-0.3, -0.25) is 14.4 Å². The van der Waals surface area contributed by atoms with Crippen molar-refractivity contribution in [3.8, 4) is 12.3 Å². The van der Waals surface area contributed by atoms with Gasteiger partial charge in [0.05, 0.1) is 11.9 Å². The summed E-state index contributed by atoms with van der Waals surface area (Å²) in [5.74, 6) is 1.69. The van der Waals surface area contributed by atoms with E-state index in [1.807, 2.05) is 68.4 Å². The lowest BCUT2D eigenvalue weighted by Gasteiger charge is -2.53. The van der Waals surface area contributed by atoms with Crippen LogP contribution in [0.15, 0.2) is 54.6 Å². The topological polar surface area (TPSA) is 90.0 Å². The second-order valence-corrected chi connectivity index (χ2v) is 10.8. The molecule has 7 nitrogen and oxygen atoms in total. The van der Waals surface area contributed by atoms with Crippen molar-refractivity contribution < 1.29 is 19.5 Å². The number of nitrogens with one attached hydrogen (secondary N) is 1. The fourth-order valence-electron chi connectivity index (χ4n) is 4.83. The number of nitrogens with zero attached hydrogens (tertiary/aromatic N) is 2. The molecule has 2 aromatic rings. The quantitative estimate of drug-likeness (QED) is 0.404. The lowest BCUT2D eigenvalue weighted by atomic mass is 9.91. The summed E-state index contributed by atoms with van der Waals surface area (Å²) in [5.41, 5.74) is 3.04. The summed E-state index contributed by atoms with van der Waals surface area (Å²) >= 11 is 1.52. The maximum atomic E-state index is 13.5. The van der Waals surface area contributed by atoms with Crippen LogP contribution >= 0.6 is 11.8 Å². The number of hydrogen-bond acceptors (Lipinski definition) is 5. The largest absolute Gasteiger partial charge is 0.381 e. The van der Waals surface area contributed by atoms with Crippen LogP contribution in [0.4, 0.5) is 0 Å². The summed E-state index contributed by atoms with van der Waals surface area (Å²) in [6.45, 7) is 4.45. The fourth-order valence-corrected chi connectivity index (χ4v) is 6.20. The highest BCUT2D eigenvalue weighted by atomic mass is 32.2.